The predicted molar refractivity (Wildman–Crippen MR) is 85.8 cm³/mol. The molecule has 1 fully saturated rings. The maximum atomic E-state index is 12.6. The van der Waals surface area contributed by atoms with E-state index in [-0.39, 0.29) is 5.91 Å². The standard InChI is InChI=1S/C16H22N4O4/c1-18-10-12(15(17-18)23-2)16(22)20-7-5-19(6-8-20)11-13(21)14-4-3-9-24-14/h3-4,9-10,13,21H,5-8,11H2,1-2H3. The quantitative estimate of drug-likeness (QED) is 0.858. The molecule has 0 spiro atoms. The summed E-state index contributed by atoms with van der Waals surface area (Å²) in [6.07, 6.45) is 2.57. The van der Waals surface area contributed by atoms with Crippen molar-refractivity contribution < 1.29 is 19.1 Å². The van der Waals surface area contributed by atoms with E-state index in [9.17, 15) is 9.90 Å². The molecule has 2 aromatic heterocycles. The van der Waals surface area contributed by atoms with Crippen LogP contribution in [0, 0.1) is 0 Å². The van der Waals surface area contributed by atoms with Crippen LogP contribution in [0.1, 0.15) is 22.2 Å². The summed E-state index contributed by atoms with van der Waals surface area (Å²) in [6, 6.07) is 3.52. The molecule has 1 aliphatic rings. The highest BCUT2D eigenvalue weighted by Crippen LogP contribution is 2.19. The Morgan fingerprint density at radius 1 is 1.42 bits per heavy atom. The van der Waals surface area contributed by atoms with Gasteiger partial charge in [0.25, 0.3) is 5.91 Å². The molecule has 0 aliphatic carbocycles. The number of ether oxygens (including phenoxy) is 1. The van der Waals surface area contributed by atoms with Crippen molar-refractivity contribution in [2.45, 2.75) is 6.10 Å². The number of amides is 1. The van der Waals surface area contributed by atoms with Crippen molar-refractivity contribution >= 4 is 5.91 Å². The normalized spacial score (nSPS) is 17.0. The monoisotopic (exact) mass is 334 g/mol. The van der Waals surface area contributed by atoms with E-state index < -0.39 is 6.10 Å². The first-order chi connectivity index (χ1) is 11.6. The van der Waals surface area contributed by atoms with Gasteiger partial charge in [0.15, 0.2) is 0 Å². The summed E-state index contributed by atoms with van der Waals surface area (Å²) in [4.78, 5) is 16.5. The molecule has 0 aromatic carbocycles. The number of aromatic nitrogens is 2. The Balaban J connectivity index is 1.55. The summed E-state index contributed by atoms with van der Waals surface area (Å²) in [5.74, 6) is 0.831. The summed E-state index contributed by atoms with van der Waals surface area (Å²) >= 11 is 0. The van der Waals surface area contributed by atoms with Crippen molar-refractivity contribution in [1.29, 1.82) is 0 Å². The number of piperazine rings is 1. The number of nitrogens with zero attached hydrogens (tertiary/aromatic N) is 4. The van der Waals surface area contributed by atoms with E-state index in [0.717, 1.165) is 0 Å². The molecule has 0 bridgehead atoms. The van der Waals surface area contributed by atoms with Crippen LogP contribution in [0.15, 0.2) is 29.0 Å². The maximum absolute atomic E-state index is 12.6. The van der Waals surface area contributed by atoms with Gasteiger partial charge in [0.2, 0.25) is 5.88 Å². The predicted octanol–water partition coefficient (Wildman–Crippen LogP) is 0.513. The summed E-state index contributed by atoms with van der Waals surface area (Å²) in [6.45, 7) is 3.09. The van der Waals surface area contributed by atoms with E-state index in [1.54, 1.807) is 41.2 Å². The fraction of sp³-hybridized carbons (Fsp3) is 0.500. The summed E-state index contributed by atoms with van der Waals surface area (Å²) < 4.78 is 11.9. The molecule has 1 N–H and O–H groups in total. The van der Waals surface area contributed by atoms with Crippen molar-refractivity contribution in [3.63, 3.8) is 0 Å². The lowest BCUT2D eigenvalue weighted by molar-refractivity contribution is 0.0484. The van der Waals surface area contributed by atoms with E-state index in [1.807, 2.05) is 0 Å². The number of aryl methyl sites for hydroxylation is 1. The number of β-amino-alcohol motifs (C(OH)–C–C–N with tert-alkyl or cyclic N) is 1. The van der Waals surface area contributed by atoms with Gasteiger partial charge in [0.05, 0.1) is 13.4 Å². The number of furan rings is 1. The zero-order valence-electron chi connectivity index (χ0n) is 13.9. The van der Waals surface area contributed by atoms with Crippen LogP contribution in [0.4, 0.5) is 0 Å². The van der Waals surface area contributed by atoms with Crippen molar-refractivity contribution in [1.82, 2.24) is 19.6 Å². The molecule has 24 heavy (non-hydrogen) atoms. The van der Waals surface area contributed by atoms with E-state index in [2.05, 4.69) is 10.00 Å². The average Bonchev–Trinajstić information content (AvgIpc) is 3.24. The van der Waals surface area contributed by atoms with Crippen LogP contribution in [0.3, 0.4) is 0 Å². The molecule has 1 unspecified atom stereocenters. The molecule has 3 rings (SSSR count). The second-order valence-electron chi connectivity index (χ2n) is 5.85. The van der Waals surface area contributed by atoms with E-state index in [0.29, 0.717) is 49.9 Å². The Kier molecular flexibility index (Phi) is 4.86. The van der Waals surface area contributed by atoms with Crippen LogP contribution >= 0.6 is 0 Å². The fourth-order valence-corrected chi connectivity index (χ4v) is 2.88. The minimum absolute atomic E-state index is 0.0776. The van der Waals surface area contributed by atoms with Crippen molar-refractivity contribution in [3.05, 3.63) is 35.9 Å². The van der Waals surface area contributed by atoms with Crippen LogP contribution in [-0.2, 0) is 7.05 Å². The first kappa shape index (κ1) is 16.5. The van der Waals surface area contributed by atoms with Gasteiger partial charge >= 0.3 is 0 Å². The number of rotatable bonds is 5. The largest absolute Gasteiger partial charge is 0.479 e. The van der Waals surface area contributed by atoms with Crippen LogP contribution < -0.4 is 4.74 Å². The van der Waals surface area contributed by atoms with Gasteiger partial charge < -0.3 is 19.2 Å². The smallest absolute Gasteiger partial charge is 0.261 e. The highest BCUT2D eigenvalue weighted by Gasteiger charge is 2.27. The van der Waals surface area contributed by atoms with Gasteiger partial charge in [0.1, 0.15) is 17.4 Å². The zero-order valence-corrected chi connectivity index (χ0v) is 13.9. The van der Waals surface area contributed by atoms with E-state index >= 15 is 0 Å². The third-order valence-corrected chi connectivity index (χ3v) is 4.18. The third-order valence-electron chi connectivity index (χ3n) is 4.18. The Labute approximate surface area is 140 Å². The lowest BCUT2D eigenvalue weighted by Gasteiger charge is -2.35. The number of aliphatic hydroxyl groups is 1. The van der Waals surface area contributed by atoms with Gasteiger partial charge in [-0.05, 0) is 12.1 Å². The molecular formula is C16H22N4O4. The van der Waals surface area contributed by atoms with Gasteiger partial charge in [-0.2, -0.15) is 0 Å². The second kappa shape index (κ2) is 7.06. The zero-order chi connectivity index (χ0) is 17.1. The minimum Gasteiger partial charge on any atom is -0.479 e. The molecule has 1 aliphatic heterocycles. The van der Waals surface area contributed by atoms with E-state index in [4.69, 9.17) is 9.15 Å². The number of carbonyl (C=O) groups is 1. The molecule has 8 nitrogen and oxygen atoms in total. The molecule has 1 amide bonds. The number of hydrogen-bond donors (Lipinski definition) is 1. The molecule has 0 saturated carbocycles. The van der Waals surface area contributed by atoms with Crippen LogP contribution in [0.2, 0.25) is 0 Å². The SMILES string of the molecule is COc1nn(C)cc1C(=O)N1CCN(CC(O)c2ccco2)CC1. The fourth-order valence-electron chi connectivity index (χ4n) is 2.88. The maximum Gasteiger partial charge on any atom is 0.261 e. The Morgan fingerprint density at radius 3 is 2.79 bits per heavy atom. The molecule has 130 valence electrons. The number of hydrogen-bond acceptors (Lipinski definition) is 6. The number of carbonyl (C=O) groups excluding carboxylic acids is 1. The molecule has 3 heterocycles. The topological polar surface area (TPSA) is 84.0 Å². The third kappa shape index (κ3) is 3.44. The Bertz CT molecular complexity index is 674. The average molecular weight is 334 g/mol. The van der Waals surface area contributed by atoms with Crippen molar-refractivity contribution in [2.75, 3.05) is 39.8 Å². The van der Waals surface area contributed by atoms with Crippen molar-refractivity contribution in [2.24, 2.45) is 7.05 Å². The van der Waals surface area contributed by atoms with Crippen molar-refractivity contribution in [3.8, 4) is 5.88 Å². The summed E-state index contributed by atoms with van der Waals surface area (Å²) in [5, 5.41) is 14.3. The molecule has 1 saturated heterocycles. The molecule has 1 atom stereocenters. The summed E-state index contributed by atoms with van der Waals surface area (Å²) in [5.41, 5.74) is 0.476. The van der Waals surface area contributed by atoms with Gasteiger partial charge in [0, 0.05) is 46.0 Å². The first-order valence-corrected chi connectivity index (χ1v) is 7.89. The summed E-state index contributed by atoms with van der Waals surface area (Å²) in [7, 11) is 3.26. The molecule has 2 aromatic rings. The van der Waals surface area contributed by atoms with Gasteiger partial charge in [-0.1, -0.05) is 0 Å². The minimum atomic E-state index is -0.652. The first-order valence-electron chi connectivity index (χ1n) is 7.89. The van der Waals surface area contributed by atoms with Gasteiger partial charge in [-0.15, -0.1) is 5.10 Å². The lowest BCUT2D eigenvalue weighted by atomic mass is 10.2. The van der Waals surface area contributed by atoms with Crippen LogP contribution in [0.25, 0.3) is 0 Å². The Hall–Kier alpha value is -2.32. The van der Waals surface area contributed by atoms with Crippen LogP contribution in [-0.4, -0.2) is 70.4 Å². The number of methoxy groups -OCH3 is 1. The molecule has 8 heteroatoms. The van der Waals surface area contributed by atoms with Crippen LogP contribution in [0.5, 0.6) is 5.88 Å². The number of aliphatic hydroxyl groups excluding tert-OH is 1. The lowest BCUT2D eigenvalue weighted by Crippen LogP contribution is -2.49. The Morgan fingerprint density at radius 2 is 2.17 bits per heavy atom. The second-order valence-corrected chi connectivity index (χ2v) is 5.85. The van der Waals surface area contributed by atoms with Gasteiger partial charge in [-0.3, -0.25) is 14.4 Å². The van der Waals surface area contributed by atoms with E-state index in [1.165, 1.54) is 7.11 Å². The van der Waals surface area contributed by atoms with Gasteiger partial charge in [-0.25, -0.2) is 0 Å². The molecule has 0 radical (unpaired) electrons. The highest BCUT2D eigenvalue weighted by atomic mass is 16.5. The molecular weight excluding hydrogens is 312 g/mol. The highest BCUT2D eigenvalue weighted by molar-refractivity contribution is 5.96.